The van der Waals surface area contributed by atoms with E-state index < -0.39 is 0 Å². The lowest BCUT2D eigenvalue weighted by Crippen LogP contribution is -2.39. The van der Waals surface area contributed by atoms with E-state index in [1.54, 1.807) is 11.3 Å². The largest absolute Gasteiger partial charge is 0.396 e. The van der Waals surface area contributed by atoms with Gasteiger partial charge in [0.05, 0.1) is 11.0 Å². The number of amides is 2. The summed E-state index contributed by atoms with van der Waals surface area (Å²) in [6, 6.07) is 9.54. The summed E-state index contributed by atoms with van der Waals surface area (Å²) in [4.78, 5) is 17.5. The fraction of sp³-hybridized carbons (Fsp3) is 0.412. The maximum absolute atomic E-state index is 12.1. The smallest absolute Gasteiger partial charge is 0.315 e. The summed E-state index contributed by atoms with van der Waals surface area (Å²) in [6.07, 6.45) is 3.94. The quantitative estimate of drug-likeness (QED) is 0.695. The van der Waals surface area contributed by atoms with Crippen molar-refractivity contribution in [3.8, 4) is 0 Å². The van der Waals surface area contributed by atoms with Crippen molar-refractivity contribution in [1.82, 2.24) is 15.6 Å². The summed E-state index contributed by atoms with van der Waals surface area (Å²) in [7, 11) is 0. The van der Waals surface area contributed by atoms with Gasteiger partial charge in [0, 0.05) is 30.6 Å². The number of aliphatic hydroxyl groups is 1. The summed E-state index contributed by atoms with van der Waals surface area (Å²) in [5.41, 5.74) is 1.05. The molecule has 0 aliphatic carbocycles. The first-order valence-electron chi connectivity index (χ1n) is 7.80. The molecule has 0 saturated carbocycles. The highest BCUT2D eigenvalue weighted by atomic mass is 32.1. The molecule has 0 fully saturated rings. The Labute approximate surface area is 140 Å². The van der Waals surface area contributed by atoms with Crippen molar-refractivity contribution in [3.63, 3.8) is 0 Å². The second-order valence-corrected chi connectivity index (χ2v) is 6.66. The average Bonchev–Trinajstić information content (AvgIpc) is 2.97. The zero-order valence-corrected chi connectivity index (χ0v) is 14.1. The average molecular weight is 333 g/mol. The van der Waals surface area contributed by atoms with E-state index in [0.717, 1.165) is 17.0 Å². The SMILES string of the molecule is Cc1cnc(CCNC(=O)NC(CCCO)c2ccccc2)s1. The molecule has 0 radical (unpaired) electrons. The van der Waals surface area contributed by atoms with Crippen molar-refractivity contribution in [2.45, 2.75) is 32.2 Å². The Bertz CT molecular complexity index is 601. The maximum Gasteiger partial charge on any atom is 0.315 e. The monoisotopic (exact) mass is 333 g/mol. The summed E-state index contributed by atoms with van der Waals surface area (Å²) in [5, 5.41) is 15.9. The predicted octanol–water partition coefficient (Wildman–Crippen LogP) is 2.81. The first-order chi connectivity index (χ1) is 11.2. The predicted molar refractivity (Wildman–Crippen MR) is 92.6 cm³/mol. The van der Waals surface area contributed by atoms with Gasteiger partial charge in [-0.25, -0.2) is 9.78 Å². The molecule has 0 aliphatic heterocycles. The van der Waals surface area contributed by atoms with Gasteiger partial charge in [-0.15, -0.1) is 11.3 Å². The van der Waals surface area contributed by atoms with Gasteiger partial charge < -0.3 is 15.7 Å². The molecule has 2 aromatic rings. The van der Waals surface area contributed by atoms with Crippen LogP contribution in [-0.2, 0) is 6.42 Å². The molecule has 1 unspecified atom stereocenters. The lowest BCUT2D eigenvalue weighted by Gasteiger charge is -2.19. The number of benzene rings is 1. The summed E-state index contributed by atoms with van der Waals surface area (Å²) >= 11 is 1.65. The van der Waals surface area contributed by atoms with Gasteiger partial charge in [0.1, 0.15) is 0 Å². The summed E-state index contributed by atoms with van der Waals surface area (Å²) in [5.74, 6) is 0. The van der Waals surface area contributed by atoms with Crippen LogP contribution in [0.3, 0.4) is 0 Å². The number of urea groups is 1. The number of rotatable bonds is 8. The van der Waals surface area contributed by atoms with Crippen LogP contribution in [0.1, 0.15) is 34.3 Å². The Kier molecular flexibility index (Phi) is 7.03. The van der Waals surface area contributed by atoms with Crippen LogP contribution in [0.5, 0.6) is 0 Å². The third-order valence-corrected chi connectivity index (χ3v) is 4.42. The van der Waals surface area contributed by atoms with Crippen LogP contribution in [0.25, 0.3) is 0 Å². The van der Waals surface area contributed by atoms with Gasteiger partial charge in [0.2, 0.25) is 0 Å². The lowest BCUT2D eigenvalue weighted by molar-refractivity contribution is 0.233. The van der Waals surface area contributed by atoms with E-state index >= 15 is 0 Å². The fourth-order valence-electron chi connectivity index (χ4n) is 2.31. The van der Waals surface area contributed by atoms with Gasteiger partial charge in [0.25, 0.3) is 0 Å². The summed E-state index contributed by atoms with van der Waals surface area (Å²) in [6.45, 7) is 2.70. The molecule has 0 spiro atoms. The zero-order chi connectivity index (χ0) is 16.5. The van der Waals surface area contributed by atoms with Crippen LogP contribution in [0, 0.1) is 6.92 Å². The molecule has 0 saturated heterocycles. The molecule has 1 atom stereocenters. The fourth-order valence-corrected chi connectivity index (χ4v) is 3.10. The van der Waals surface area contributed by atoms with Gasteiger partial charge in [0.15, 0.2) is 0 Å². The third kappa shape index (κ3) is 6.00. The number of nitrogens with one attached hydrogen (secondary N) is 2. The van der Waals surface area contributed by atoms with E-state index in [-0.39, 0.29) is 18.7 Å². The van der Waals surface area contributed by atoms with Crippen LogP contribution in [-0.4, -0.2) is 29.3 Å². The van der Waals surface area contributed by atoms with E-state index in [1.165, 1.54) is 4.88 Å². The molecular formula is C17H23N3O2S. The van der Waals surface area contributed by atoms with E-state index in [1.807, 2.05) is 43.5 Å². The number of carbonyl (C=O) groups excluding carboxylic acids is 1. The van der Waals surface area contributed by atoms with Crippen LogP contribution in [0.15, 0.2) is 36.5 Å². The molecule has 3 N–H and O–H groups in total. The number of carbonyl (C=O) groups is 1. The molecule has 1 heterocycles. The molecule has 124 valence electrons. The van der Waals surface area contributed by atoms with Gasteiger partial charge in [-0.2, -0.15) is 0 Å². The third-order valence-electron chi connectivity index (χ3n) is 3.45. The minimum Gasteiger partial charge on any atom is -0.396 e. The first kappa shape index (κ1) is 17.4. The normalized spacial score (nSPS) is 11.9. The second kappa shape index (κ2) is 9.27. The Hall–Kier alpha value is -1.92. The number of aryl methyl sites for hydroxylation is 1. The zero-order valence-electron chi connectivity index (χ0n) is 13.3. The van der Waals surface area contributed by atoms with Crippen molar-refractivity contribution in [2.75, 3.05) is 13.2 Å². The van der Waals surface area contributed by atoms with Gasteiger partial charge in [-0.3, -0.25) is 0 Å². The van der Waals surface area contributed by atoms with Gasteiger partial charge >= 0.3 is 6.03 Å². The standard InChI is InChI=1S/C17H23N3O2S/c1-13-12-19-16(23-13)9-10-18-17(22)20-15(8-5-11-21)14-6-3-2-4-7-14/h2-4,6-7,12,15,21H,5,8-11H2,1H3,(H2,18,20,22). The molecule has 6 heteroatoms. The highest BCUT2D eigenvalue weighted by Crippen LogP contribution is 2.18. The Balaban J connectivity index is 1.82. The molecule has 2 amide bonds. The number of hydrogen-bond donors (Lipinski definition) is 3. The highest BCUT2D eigenvalue weighted by Gasteiger charge is 2.13. The van der Waals surface area contributed by atoms with Crippen LogP contribution in [0.4, 0.5) is 4.79 Å². The number of hydrogen-bond acceptors (Lipinski definition) is 4. The molecule has 1 aromatic heterocycles. The van der Waals surface area contributed by atoms with Gasteiger partial charge in [-0.1, -0.05) is 30.3 Å². The molecule has 0 aliphatic rings. The molecule has 23 heavy (non-hydrogen) atoms. The number of thiazole rings is 1. The van der Waals surface area contributed by atoms with Crippen LogP contribution >= 0.6 is 11.3 Å². The molecule has 1 aromatic carbocycles. The maximum atomic E-state index is 12.1. The number of aliphatic hydroxyl groups excluding tert-OH is 1. The number of nitrogens with zero attached hydrogens (tertiary/aromatic N) is 1. The Morgan fingerprint density at radius 3 is 2.78 bits per heavy atom. The molecule has 0 bridgehead atoms. The molecule has 5 nitrogen and oxygen atoms in total. The molecular weight excluding hydrogens is 310 g/mol. The lowest BCUT2D eigenvalue weighted by atomic mass is 10.0. The van der Waals surface area contributed by atoms with E-state index in [4.69, 9.17) is 5.11 Å². The minimum atomic E-state index is -0.190. The van der Waals surface area contributed by atoms with E-state index in [2.05, 4.69) is 15.6 Å². The number of aromatic nitrogens is 1. The second-order valence-electron chi connectivity index (χ2n) is 5.34. The van der Waals surface area contributed by atoms with Crippen molar-refractivity contribution in [1.29, 1.82) is 0 Å². The van der Waals surface area contributed by atoms with E-state index in [0.29, 0.717) is 19.4 Å². The topological polar surface area (TPSA) is 74.2 Å². The Morgan fingerprint density at radius 1 is 1.35 bits per heavy atom. The highest BCUT2D eigenvalue weighted by molar-refractivity contribution is 7.11. The van der Waals surface area contributed by atoms with Gasteiger partial charge in [-0.05, 0) is 25.3 Å². The summed E-state index contributed by atoms with van der Waals surface area (Å²) < 4.78 is 0. The van der Waals surface area contributed by atoms with Crippen LogP contribution < -0.4 is 10.6 Å². The van der Waals surface area contributed by atoms with Crippen molar-refractivity contribution in [3.05, 3.63) is 52.0 Å². The minimum absolute atomic E-state index is 0.0922. The van der Waals surface area contributed by atoms with Crippen molar-refractivity contribution in [2.24, 2.45) is 0 Å². The first-order valence-corrected chi connectivity index (χ1v) is 8.62. The van der Waals surface area contributed by atoms with Crippen molar-refractivity contribution >= 4 is 17.4 Å². The molecule has 2 rings (SSSR count). The van der Waals surface area contributed by atoms with Crippen LogP contribution in [0.2, 0.25) is 0 Å². The van der Waals surface area contributed by atoms with E-state index in [9.17, 15) is 4.79 Å². The Morgan fingerprint density at radius 2 is 2.13 bits per heavy atom. The van der Waals surface area contributed by atoms with Crippen molar-refractivity contribution < 1.29 is 9.90 Å².